The van der Waals surface area contributed by atoms with Crippen LogP contribution in [0, 0.1) is 5.82 Å². The number of carbonyl (C=O) groups is 1. The highest BCUT2D eigenvalue weighted by atomic mass is 35.5. The second-order valence-corrected chi connectivity index (χ2v) is 5.42. The smallest absolute Gasteiger partial charge is 0.228 e. The number of hydrogen-bond acceptors (Lipinski definition) is 2. The summed E-state index contributed by atoms with van der Waals surface area (Å²) in [5.41, 5.74) is 1.86. The molecule has 0 bridgehead atoms. The Kier molecular flexibility index (Phi) is 5.00. The van der Waals surface area contributed by atoms with E-state index in [9.17, 15) is 9.18 Å². The molecule has 1 saturated heterocycles. The molecule has 1 amide bonds. The average Bonchev–Trinajstić information content (AvgIpc) is 2.90. The van der Waals surface area contributed by atoms with E-state index in [0.29, 0.717) is 12.5 Å². The van der Waals surface area contributed by atoms with Gasteiger partial charge in [-0.05, 0) is 56.0 Å². The Bertz CT molecular complexity index is 489. The van der Waals surface area contributed by atoms with Crippen molar-refractivity contribution in [2.45, 2.75) is 38.1 Å². The van der Waals surface area contributed by atoms with Gasteiger partial charge in [0.15, 0.2) is 0 Å². The predicted octanol–water partition coefficient (Wildman–Crippen LogP) is 2.67. The van der Waals surface area contributed by atoms with Crippen molar-refractivity contribution in [1.29, 1.82) is 0 Å². The molecule has 0 aliphatic carbocycles. The minimum Gasteiger partial charge on any atom is -0.313 e. The number of hydrogen-bond donors (Lipinski definition) is 1. The quantitative estimate of drug-likeness (QED) is 0.910. The molecular formula is C15H20ClFN2O. The summed E-state index contributed by atoms with van der Waals surface area (Å²) in [7, 11) is 0. The molecule has 1 unspecified atom stereocenters. The van der Waals surface area contributed by atoms with Crippen LogP contribution in [0.3, 0.4) is 0 Å². The number of nitrogens with zero attached hydrogens (tertiary/aromatic N) is 1. The number of carbonyl (C=O) groups excluding carboxylic acids is 1. The molecule has 1 atom stereocenters. The summed E-state index contributed by atoms with van der Waals surface area (Å²) in [5.74, 6) is -0.0579. The van der Waals surface area contributed by atoms with Crippen LogP contribution in [-0.2, 0) is 11.2 Å². The topological polar surface area (TPSA) is 32.3 Å². The summed E-state index contributed by atoms with van der Waals surface area (Å²) >= 11 is 0. The zero-order valence-electron chi connectivity index (χ0n) is 11.4. The summed E-state index contributed by atoms with van der Waals surface area (Å²) in [6.07, 6.45) is 4.56. The van der Waals surface area contributed by atoms with Crippen molar-refractivity contribution in [2.75, 3.05) is 18.0 Å². The molecule has 0 saturated carbocycles. The summed E-state index contributed by atoms with van der Waals surface area (Å²) in [6, 6.07) is 5.06. The Morgan fingerprint density at radius 2 is 2.25 bits per heavy atom. The standard InChI is InChI=1S/C15H19FN2O.ClH/c16-12-5-6-14-11(9-12)3-2-8-18(14)15(19)10-13-4-1-7-17-13;/h5-6,9,13,17H,1-4,7-8,10H2;1H. The highest BCUT2D eigenvalue weighted by molar-refractivity contribution is 5.94. The van der Waals surface area contributed by atoms with Crippen molar-refractivity contribution in [3.8, 4) is 0 Å². The van der Waals surface area contributed by atoms with Gasteiger partial charge in [0.25, 0.3) is 0 Å². The fourth-order valence-electron chi connectivity index (χ4n) is 3.08. The zero-order valence-corrected chi connectivity index (χ0v) is 12.2. The Morgan fingerprint density at radius 1 is 1.40 bits per heavy atom. The van der Waals surface area contributed by atoms with E-state index < -0.39 is 0 Å². The summed E-state index contributed by atoms with van der Waals surface area (Å²) < 4.78 is 13.2. The minimum absolute atomic E-state index is 0. The maximum atomic E-state index is 13.2. The Hall–Kier alpha value is -1.13. The molecule has 3 rings (SSSR count). The number of rotatable bonds is 2. The molecule has 0 spiro atoms. The van der Waals surface area contributed by atoms with Gasteiger partial charge in [-0.15, -0.1) is 12.4 Å². The summed E-state index contributed by atoms with van der Waals surface area (Å²) in [6.45, 7) is 1.77. The van der Waals surface area contributed by atoms with Crippen LogP contribution in [0.4, 0.5) is 10.1 Å². The normalized spacial score (nSPS) is 21.2. The van der Waals surface area contributed by atoms with Crippen LogP contribution in [0.15, 0.2) is 18.2 Å². The predicted molar refractivity (Wildman–Crippen MR) is 80.0 cm³/mol. The third-order valence-electron chi connectivity index (χ3n) is 4.04. The van der Waals surface area contributed by atoms with Crippen molar-refractivity contribution in [1.82, 2.24) is 5.32 Å². The Balaban J connectivity index is 0.00000147. The van der Waals surface area contributed by atoms with E-state index >= 15 is 0 Å². The van der Waals surface area contributed by atoms with E-state index in [1.165, 1.54) is 6.07 Å². The molecule has 1 N–H and O–H groups in total. The number of nitrogens with one attached hydrogen (secondary N) is 1. The monoisotopic (exact) mass is 298 g/mol. The van der Waals surface area contributed by atoms with E-state index in [2.05, 4.69) is 5.32 Å². The van der Waals surface area contributed by atoms with Crippen molar-refractivity contribution in [2.24, 2.45) is 0 Å². The molecule has 1 fully saturated rings. The fourth-order valence-corrected chi connectivity index (χ4v) is 3.08. The van der Waals surface area contributed by atoms with Gasteiger partial charge in [-0.1, -0.05) is 0 Å². The Labute approximate surface area is 124 Å². The van der Waals surface area contributed by atoms with Crippen LogP contribution in [0.1, 0.15) is 31.2 Å². The van der Waals surface area contributed by atoms with E-state index in [0.717, 1.165) is 50.0 Å². The molecule has 5 heteroatoms. The van der Waals surface area contributed by atoms with Gasteiger partial charge in [-0.3, -0.25) is 4.79 Å². The molecule has 1 aromatic carbocycles. The molecule has 0 aromatic heterocycles. The number of aryl methyl sites for hydroxylation is 1. The van der Waals surface area contributed by atoms with Crippen LogP contribution in [0.2, 0.25) is 0 Å². The van der Waals surface area contributed by atoms with Gasteiger partial charge in [0.05, 0.1) is 0 Å². The third kappa shape index (κ3) is 3.13. The highest BCUT2D eigenvalue weighted by Crippen LogP contribution is 2.28. The van der Waals surface area contributed by atoms with Crippen LogP contribution >= 0.6 is 12.4 Å². The maximum Gasteiger partial charge on any atom is 0.228 e. The van der Waals surface area contributed by atoms with Crippen molar-refractivity contribution >= 4 is 24.0 Å². The zero-order chi connectivity index (χ0) is 13.2. The number of fused-ring (bicyclic) bond motifs is 1. The molecule has 20 heavy (non-hydrogen) atoms. The molecule has 2 heterocycles. The lowest BCUT2D eigenvalue weighted by Gasteiger charge is -2.30. The number of benzene rings is 1. The van der Waals surface area contributed by atoms with E-state index in [1.54, 1.807) is 12.1 Å². The molecule has 2 aliphatic rings. The van der Waals surface area contributed by atoms with Crippen LogP contribution < -0.4 is 10.2 Å². The molecule has 0 radical (unpaired) electrons. The lowest BCUT2D eigenvalue weighted by atomic mass is 10.0. The van der Waals surface area contributed by atoms with Crippen molar-refractivity contribution in [3.63, 3.8) is 0 Å². The van der Waals surface area contributed by atoms with Gasteiger partial charge < -0.3 is 10.2 Å². The van der Waals surface area contributed by atoms with E-state index in [4.69, 9.17) is 0 Å². The maximum absolute atomic E-state index is 13.2. The first-order valence-corrected chi connectivity index (χ1v) is 7.06. The van der Waals surface area contributed by atoms with Gasteiger partial charge in [0, 0.05) is 24.7 Å². The van der Waals surface area contributed by atoms with E-state index in [1.807, 2.05) is 4.90 Å². The average molecular weight is 299 g/mol. The lowest BCUT2D eigenvalue weighted by Crippen LogP contribution is -2.39. The van der Waals surface area contributed by atoms with Gasteiger partial charge in [0.2, 0.25) is 5.91 Å². The van der Waals surface area contributed by atoms with Crippen LogP contribution in [0.25, 0.3) is 0 Å². The number of anilines is 1. The summed E-state index contributed by atoms with van der Waals surface area (Å²) in [4.78, 5) is 14.2. The van der Waals surface area contributed by atoms with Gasteiger partial charge in [-0.2, -0.15) is 0 Å². The van der Waals surface area contributed by atoms with Crippen LogP contribution in [-0.4, -0.2) is 25.0 Å². The SMILES string of the molecule is Cl.O=C(CC1CCCN1)N1CCCc2cc(F)ccc21. The largest absolute Gasteiger partial charge is 0.313 e. The second kappa shape index (κ2) is 6.55. The first-order valence-electron chi connectivity index (χ1n) is 7.06. The first-order chi connectivity index (χ1) is 9.24. The summed E-state index contributed by atoms with van der Waals surface area (Å²) in [5, 5.41) is 3.35. The molecule has 2 aliphatic heterocycles. The molecular weight excluding hydrogens is 279 g/mol. The lowest BCUT2D eigenvalue weighted by molar-refractivity contribution is -0.119. The Morgan fingerprint density at radius 3 is 3.00 bits per heavy atom. The molecule has 3 nitrogen and oxygen atoms in total. The van der Waals surface area contributed by atoms with Gasteiger partial charge in [-0.25, -0.2) is 4.39 Å². The molecule has 110 valence electrons. The minimum atomic E-state index is -0.217. The van der Waals surface area contributed by atoms with E-state index in [-0.39, 0.29) is 24.1 Å². The number of amides is 1. The third-order valence-corrected chi connectivity index (χ3v) is 4.04. The van der Waals surface area contributed by atoms with Crippen molar-refractivity contribution in [3.05, 3.63) is 29.6 Å². The highest BCUT2D eigenvalue weighted by Gasteiger charge is 2.26. The van der Waals surface area contributed by atoms with Crippen LogP contribution in [0.5, 0.6) is 0 Å². The fraction of sp³-hybridized carbons (Fsp3) is 0.533. The molecule has 1 aromatic rings. The van der Waals surface area contributed by atoms with Gasteiger partial charge >= 0.3 is 0 Å². The van der Waals surface area contributed by atoms with Gasteiger partial charge in [0.1, 0.15) is 5.82 Å². The second-order valence-electron chi connectivity index (χ2n) is 5.42. The number of halogens is 2. The van der Waals surface area contributed by atoms with Crippen molar-refractivity contribution < 1.29 is 9.18 Å². The first kappa shape index (κ1) is 15.3.